The van der Waals surface area contributed by atoms with Crippen molar-refractivity contribution in [1.29, 1.82) is 0 Å². The average Bonchev–Trinajstić information content (AvgIpc) is 2.85. The molecule has 2 heterocycles. The molecule has 6 nitrogen and oxygen atoms in total. The summed E-state index contributed by atoms with van der Waals surface area (Å²) in [5.41, 5.74) is 0.632. The zero-order valence-electron chi connectivity index (χ0n) is 18.2. The monoisotopic (exact) mass is 439 g/mol. The Morgan fingerprint density at radius 3 is 2.22 bits per heavy atom. The highest BCUT2D eigenvalue weighted by molar-refractivity contribution is 5.92. The van der Waals surface area contributed by atoms with Crippen molar-refractivity contribution in [2.75, 3.05) is 38.1 Å². The van der Waals surface area contributed by atoms with E-state index < -0.39 is 0 Å². The molecule has 32 heavy (non-hydrogen) atoms. The van der Waals surface area contributed by atoms with E-state index in [2.05, 4.69) is 10.2 Å². The second-order valence-corrected chi connectivity index (χ2v) is 8.52. The molecular weight excluding hydrogens is 409 g/mol. The van der Waals surface area contributed by atoms with E-state index in [1.54, 1.807) is 12.1 Å². The van der Waals surface area contributed by atoms with E-state index in [0.29, 0.717) is 17.5 Å². The van der Waals surface area contributed by atoms with E-state index in [9.17, 15) is 14.0 Å². The maximum Gasteiger partial charge on any atom is 0.260 e. The highest BCUT2D eigenvalue weighted by Gasteiger charge is 2.31. The number of hydrogen-bond acceptors (Lipinski definition) is 4. The fourth-order valence-corrected chi connectivity index (χ4v) is 4.54. The Labute approximate surface area is 188 Å². The first-order chi connectivity index (χ1) is 15.6. The van der Waals surface area contributed by atoms with Gasteiger partial charge in [0.1, 0.15) is 11.6 Å². The average molecular weight is 440 g/mol. The molecular formula is C25H30FN3O3. The van der Waals surface area contributed by atoms with Crippen LogP contribution < -0.4 is 10.1 Å². The Bertz CT molecular complexity index is 890. The summed E-state index contributed by atoms with van der Waals surface area (Å²) in [6.07, 6.45) is 3.53. The van der Waals surface area contributed by atoms with Crippen LogP contribution in [0.15, 0.2) is 54.6 Å². The largest absolute Gasteiger partial charge is 0.484 e. The Hall–Kier alpha value is -2.93. The molecule has 2 aliphatic heterocycles. The second kappa shape index (κ2) is 10.6. The normalized spacial score (nSPS) is 18.3. The molecule has 7 heteroatoms. The van der Waals surface area contributed by atoms with Gasteiger partial charge in [-0.05, 0) is 75.2 Å². The third-order valence-electron chi connectivity index (χ3n) is 6.45. The van der Waals surface area contributed by atoms with Gasteiger partial charge in [-0.1, -0.05) is 18.2 Å². The maximum absolute atomic E-state index is 13.0. The third-order valence-corrected chi connectivity index (χ3v) is 6.45. The summed E-state index contributed by atoms with van der Waals surface area (Å²) in [6, 6.07) is 15.7. The highest BCUT2D eigenvalue weighted by Crippen LogP contribution is 2.25. The summed E-state index contributed by atoms with van der Waals surface area (Å²) in [5, 5.41) is 2.90. The van der Waals surface area contributed by atoms with Gasteiger partial charge in [-0.15, -0.1) is 0 Å². The number of amides is 2. The van der Waals surface area contributed by atoms with E-state index in [-0.39, 0.29) is 30.2 Å². The third kappa shape index (κ3) is 5.85. The summed E-state index contributed by atoms with van der Waals surface area (Å²) >= 11 is 0. The molecule has 0 atom stereocenters. The molecule has 0 radical (unpaired) electrons. The number of ether oxygens (including phenoxy) is 1. The van der Waals surface area contributed by atoms with Crippen molar-refractivity contribution in [1.82, 2.24) is 9.80 Å². The van der Waals surface area contributed by atoms with E-state index in [0.717, 1.165) is 51.9 Å². The van der Waals surface area contributed by atoms with Crippen LogP contribution in [-0.4, -0.2) is 60.4 Å². The number of carbonyl (C=O) groups excluding carboxylic acids is 2. The smallest absolute Gasteiger partial charge is 0.260 e. The van der Waals surface area contributed by atoms with Crippen molar-refractivity contribution in [2.45, 2.75) is 31.7 Å². The quantitative estimate of drug-likeness (QED) is 0.748. The number of rotatable bonds is 6. The molecule has 2 saturated heterocycles. The Morgan fingerprint density at radius 2 is 1.56 bits per heavy atom. The number of likely N-dealkylation sites (tertiary alicyclic amines) is 2. The Morgan fingerprint density at radius 1 is 0.906 bits per heavy atom. The second-order valence-electron chi connectivity index (χ2n) is 8.52. The van der Waals surface area contributed by atoms with Gasteiger partial charge in [0.15, 0.2) is 6.61 Å². The van der Waals surface area contributed by atoms with Crippen molar-refractivity contribution in [3.8, 4) is 5.75 Å². The van der Waals surface area contributed by atoms with Crippen molar-refractivity contribution >= 4 is 17.5 Å². The van der Waals surface area contributed by atoms with Gasteiger partial charge in [-0.25, -0.2) is 4.39 Å². The first kappa shape index (κ1) is 22.3. The zero-order valence-corrected chi connectivity index (χ0v) is 18.2. The molecule has 2 aromatic carbocycles. The molecule has 0 unspecified atom stereocenters. The molecule has 2 fully saturated rings. The van der Waals surface area contributed by atoms with Crippen LogP contribution in [0.25, 0.3) is 0 Å². The predicted octanol–water partition coefficient (Wildman–Crippen LogP) is 3.55. The molecule has 0 bridgehead atoms. The summed E-state index contributed by atoms with van der Waals surface area (Å²) in [4.78, 5) is 29.4. The molecule has 170 valence electrons. The van der Waals surface area contributed by atoms with Gasteiger partial charge in [0.2, 0.25) is 5.91 Å². The SMILES string of the molecule is O=C(Nc1ccc(F)cc1)C1CCN(C2CCN(C(=O)COc3ccccc3)CC2)CC1. The molecule has 0 aliphatic carbocycles. The predicted molar refractivity (Wildman–Crippen MR) is 121 cm³/mol. The van der Waals surface area contributed by atoms with Crippen LogP contribution in [0.2, 0.25) is 0 Å². The van der Waals surface area contributed by atoms with Crippen molar-refractivity contribution < 1.29 is 18.7 Å². The summed E-state index contributed by atoms with van der Waals surface area (Å²) in [7, 11) is 0. The topological polar surface area (TPSA) is 61.9 Å². The van der Waals surface area contributed by atoms with Gasteiger partial charge in [0.05, 0.1) is 0 Å². The Balaban J connectivity index is 1.17. The molecule has 2 amide bonds. The number of nitrogens with one attached hydrogen (secondary N) is 1. The number of para-hydroxylation sites is 1. The number of carbonyl (C=O) groups is 2. The van der Waals surface area contributed by atoms with Gasteiger partial charge >= 0.3 is 0 Å². The van der Waals surface area contributed by atoms with E-state index in [1.165, 1.54) is 12.1 Å². The van der Waals surface area contributed by atoms with Crippen molar-refractivity contribution in [2.24, 2.45) is 5.92 Å². The summed E-state index contributed by atoms with van der Waals surface area (Å²) < 4.78 is 18.6. The number of piperidine rings is 2. The molecule has 1 N–H and O–H groups in total. The fourth-order valence-electron chi connectivity index (χ4n) is 4.54. The lowest BCUT2D eigenvalue weighted by Crippen LogP contribution is -2.50. The van der Waals surface area contributed by atoms with Gasteiger partial charge in [0, 0.05) is 30.7 Å². The number of halogens is 1. The standard InChI is InChI=1S/C25H30FN3O3/c26-20-6-8-21(9-7-20)27-25(31)19-10-14-28(15-11-19)22-12-16-29(17-13-22)24(30)18-32-23-4-2-1-3-5-23/h1-9,19,22H,10-18H2,(H,27,31). The van der Waals surface area contributed by atoms with Crippen molar-refractivity contribution in [3.05, 3.63) is 60.4 Å². The van der Waals surface area contributed by atoms with Crippen LogP contribution in [0.1, 0.15) is 25.7 Å². The number of nitrogens with zero attached hydrogens (tertiary/aromatic N) is 2. The molecule has 0 aromatic heterocycles. The lowest BCUT2D eigenvalue weighted by Gasteiger charge is -2.41. The van der Waals surface area contributed by atoms with Gasteiger partial charge in [-0.3, -0.25) is 9.59 Å². The highest BCUT2D eigenvalue weighted by atomic mass is 19.1. The van der Waals surface area contributed by atoms with Crippen LogP contribution in [0.3, 0.4) is 0 Å². The molecule has 2 aromatic rings. The molecule has 4 rings (SSSR count). The zero-order chi connectivity index (χ0) is 22.3. The van der Waals surface area contributed by atoms with Crippen molar-refractivity contribution in [3.63, 3.8) is 0 Å². The van der Waals surface area contributed by atoms with Gasteiger partial charge in [0.25, 0.3) is 5.91 Å². The lowest BCUT2D eigenvalue weighted by molar-refractivity contribution is -0.135. The van der Waals surface area contributed by atoms with Gasteiger partial charge in [-0.2, -0.15) is 0 Å². The minimum atomic E-state index is -0.312. The number of benzene rings is 2. The van der Waals surface area contributed by atoms with Crippen LogP contribution in [0, 0.1) is 11.7 Å². The van der Waals surface area contributed by atoms with Crippen LogP contribution >= 0.6 is 0 Å². The molecule has 0 spiro atoms. The minimum Gasteiger partial charge on any atom is -0.484 e. The number of anilines is 1. The fraction of sp³-hybridized carbons (Fsp3) is 0.440. The van der Waals surface area contributed by atoms with Crippen LogP contribution in [0.4, 0.5) is 10.1 Å². The van der Waals surface area contributed by atoms with E-state index in [1.807, 2.05) is 35.2 Å². The molecule has 2 aliphatic rings. The first-order valence-electron chi connectivity index (χ1n) is 11.3. The van der Waals surface area contributed by atoms with Crippen LogP contribution in [0.5, 0.6) is 5.75 Å². The van der Waals surface area contributed by atoms with E-state index >= 15 is 0 Å². The van der Waals surface area contributed by atoms with Gasteiger partial charge < -0.3 is 19.9 Å². The lowest BCUT2D eigenvalue weighted by atomic mass is 9.92. The summed E-state index contributed by atoms with van der Waals surface area (Å²) in [5.74, 6) is 0.418. The Kier molecular flexibility index (Phi) is 7.37. The summed E-state index contributed by atoms with van der Waals surface area (Å²) in [6.45, 7) is 3.33. The van der Waals surface area contributed by atoms with Crippen LogP contribution in [-0.2, 0) is 9.59 Å². The molecule has 0 saturated carbocycles. The van der Waals surface area contributed by atoms with E-state index in [4.69, 9.17) is 4.74 Å². The number of hydrogen-bond donors (Lipinski definition) is 1. The minimum absolute atomic E-state index is 0.00934. The first-order valence-corrected chi connectivity index (χ1v) is 11.3. The maximum atomic E-state index is 13.0.